The van der Waals surface area contributed by atoms with Gasteiger partial charge in [0, 0.05) is 5.69 Å². The number of aryl methyl sites for hydroxylation is 3. The van der Waals surface area contributed by atoms with Crippen LogP contribution in [0.15, 0.2) is 66.2 Å². The number of Topliss-reactive ketones (excluding diaryl/α,β-unsaturated/α-hetero) is 1. The van der Waals surface area contributed by atoms with Crippen LogP contribution >= 0.6 is 0 Å². The molecule has 0 spiro atoms. The summed E-state index contributed by atoms with van der Waals surface area (Å²) in [4.78, 5) is 27.7. The number of rotatable bonds is 4. The highest BCUT2D eigenvalue weighted by Crippen LogP contribution is 2.44. The summed E-state index contributed by atoms with van der Waals surface area (Å²) in [7, 11) is 1.44. The molecule has 0 radical (unpaired) electrons. The van der Waals surface area contributed by atoms with Crippen molar-refractivity contribution in [3.63, 3.8) is 0 Å². The molecule has 1 aliphatic rings. The van der Waals surface area contributed by atoms with E-state index in [0.29, 0.717) is 11.3 Å². The molecule has 1 aliphatic heterocycles. The molecule has 1 unspecified atom stereocenters. The number of aliphatic hydroxyl groups is 1. The standard InChI is InChI=1S/C28H24F3NO4/c1-15-6-5-7-18(13-15)23-22(24(33)21-14-16(2)12-17(3)26(21)36-4)25(34)27(35)32(23)20-10-8-19(9-11-20)28(29,30)31/h5-14,23,33H,1-4H3/b24-22+. The average molecular weight is 495 g/mol. The molecule has 186 valence electrons. The van der Waals surface area contributed by atoms with Crippen LogP contribution in [0.4, 0.5) is 18.9 Å². The summed E-state index contributed by atoms with van der Waals surface area (Å²) >= 11 is 0. The maximum Gasteiger partial charge on any atom is 0.416 e. The van der Waals surface area contributed by atoms with Gasteiger partial charge in [0.1, 0.15) is 11.5 Å². The first-order valence-corrected chi connectivity index (χ1v) is 11.1. The largest absolute Gasteiger partial charge is 0.507 e. The lowest BCUT2D eigenvalue weighted by Crippen LogP contribution is -2.29. The predicted octanol–water partition coefficient (Wildman–Crippen LogP) is 6.27. The summed E-state index contributed by atoms with van der Waals surface area (Å²) in [6.45, 7) is 5.45. The second-order valence-corrected chi connectivity index (χ2v) is 8.79. The van der Waals surface area contributed by atoms with Crippen LogP contribution in [-0.2, 0) is 15.8 Å². The summed E-state index contributed by atoms with van der Waals surface area (Å²) in [6.07, 6.45) is -4.55. The van der Waals surface area contributed by atoms with Crippen molar-refractivity contribution in [2.75, 3.05) is 12.0 Å². The van der Waals surface area contributed by atoms with Crippen LogP contribution in [0, 0.1) is 20.8 Å². The van der Waals surface area contributed by atoms with E-state index in [0.717, 1.165) is 45.9 Å². The molecule has 0 bridgehead atoms. The minimum absolute atomic E-state index is 0.100. The lowest BCUT2D eigenvalue weighted by molar-refractivity contribution is -0.137. The van der Waals surface area contributed by atoms with Crippen LogP contribution < -0.4 is 9.64 Å². The third-order valence-electron chi connectivity index (χ3n) is 6.15. The molecule has 5 nitrogen and oxygen atoms in total. The number of hydrogen-bond acceptors (Lipinski definition) is 4. The average Bonchev–Trinajstić information content (AvgIpc) is 3.08. The molecule has 1 fully saturated rings. The summed E-state index contributed by atoms with van der Waals surface area (Å²) in [5.74, 6) is -1.97. The smallest absolute Gasteiger partial charge is 0.416 e. The van der Waals surface area contributed by atoms with Crippen LogP contribution in [0.1, 0.15) is 39.4 Å². The molecule has 3 aromatic rings. The molecule has 0 saturated carbocycles. The number of carbonyl (C=O) groups excluding carboxylic acids is 2. The Kier molecular flexibility index (Phi) is 6.39. The number of anilines is 1. The lowest BCUT2D eigenvalue weighted by atomic mass is 9.93. The zero-order chi connectivity index (χ0) is 26.4. The molecule has 0 aromatic heterocycles. The number of alkyl halides is 3. The Morgan fingerprint density at radius 3 is 2.19 bits per heavy atom. The molecule has 1 N–H and O–H groups in total. The van der Waals surface area contributed by atoms with Gasteiger partial charge in [-0.1, -0.05) is 35.9 Å². The number of carbonyl (C=O) groups is 2. The fourth-order valence-electron chi connectivity index (χ4n) is 4.61. The Bertz CT molecular complexity index is 1390. The fraction of sp³-hybridized carbons (Fsp3) is 0.214. The van der Waals surface area contributed by atoms with Crippen LogP contribution in [0.3, 0.4) is 0 Å². The van der Waals surface area contributed by atoms with Crippen molar-refractivity contribution >= 4 is 23.1 Å². The molecule has 1 heterocycles. The molecule has 3 aromatic carbocycles. The fourth-order valence-corrected chi connectivity index (χ4v) is 4.61. The number of benzene rings is 3. The van der Waals surface area contributed by atoms with E-state index in [1.165, 1.54) is 7.11 Å². The third-order valence-corrected chi connectivity index (χ3v) is 6.15. The van der Waals surface area contributed by atoms with E-state index < -0.39 is 35.2 Å². The van der Waals surface area contributed by atoms with E-state index in [4.69, 9.17) is 4.74 Å². The van der Waals surface area contributed by atoms with E-state index in [2.05, 4.69) is 0 Å². The molecule has 1 atom stereocenters. The summed E-state index contributed by atoms with van der Waals surface area (Å²) in [5.41, 5.74) is 2.19. The van der Waals surface area contributed by atoms with Crippen LogP contribution in [0.2, 0.25) is 0 Å². The number of halogens is 3. The normalized spacial score (nSPS) is 17.5. The molecule has 8 heteroatoms. The second-order valence-electron chi connectivity index (χ2n) is 8.79. The van der Waals surface area contributed by atoms with Gasteiger partial charge in [-0.15, -0.1) is 0 Å². The van der Waals surface area contributed by atoms with Crippen molar-refractivity contribution in [3.05, 3.63) is 99.6 Å². The Balaban J connectivity index is 1.97. The minimum atomic E-state index is -4.55. The summed E-state index contributed by atoms with van der Waals surface area (Å²) in [5, 5.41) is 11.4. The van der Waals surface area contributed by atoms with Gasteiger partial charge in [-0.3, -0.25) is 14.5 Å². The number of methoxy groups -OCH3 is 1. The van der Waals surface area contributed by atoms with Crippen molar-refractivity contribution < 1.29 is 32.6 Å². The highest BCUT2D eigenvalue weighted by molar-refractivity contribution is 6.51. The van der Waals surface area contributed by atoms with Gasteiger partial charge < -0.3 is 9.84 Å². The van der Waals surface area contributed by atoms with Crippen molar-refractivity contribution in [1.82, 2.24) is 0 Å². The van der Waals surface area contributed by atoms with Crippen molar-refractivity contribution in [2.45, 2.75) is 33.0 Å². The van der Waals surface area contributed by atoms with E-state index in [9.17, 15) is 27.9 Å². The van der Waals surface area contributed by atoms with Gasteiger partial charge in [-0.2, -0.15) is 13.2 Å². The van der Waals surface area contributed by atoms with Gasteiger partial charge in [0.15, 0.2) is 0 Å². The van der Waals surface area contributed by atoms with Crippen molar-refractivity contribution in [3.8, 4) is 5.75 Å². The van der Waals surface area contributed by atoms with Crippen LogP contribution in [0.25, 0.3) is 5.76 Å². The first kappa shape index (κ1) is 25.0. The zero-order valence-corrected chi connectivity index (χ0v) is 20.1. The molecule has 0 aliphatic carbocycles. The first-order chi connectivity index (χ1) is 16.9. The number of ketones is 1. The number of hydrogen-bond donors (Lipinski definition) is 1. The van der Waals surface area contributed by atoms with Crippen molar-refractivity contribution in [1.29, 1.82) is 0 Å². The molecular weight excluding hydrogens is 471 g/mol. The molecule has 4 rings (SSSR count). The Labute approximate surface area is 206 Å². The van der Waals surface area contributed by atoms with Gasteiger partial charge in [-0.25, -0.2) is 0 Å². The van der Waals surface area contributed by atoms with E-state index in [1.54, 1.807) is 31.2 Å². The van der Waals surface area contributed by atoms with E-state index in [1.807, 2.05) is 26.0 Å². The minimum Gasteiger partial charge on any atom is -0.507 e. The molecule has 36 heavy (non-hydrogen) atoms. The topological polar surface area (TPSA) is 66.8 Å². The van der Waals surface area contributed by atoms with Gasteiger partial charge >= 0.3 is 6.18 Å². The zero-order valence-electron chi connectivity index (χ0n) is 20.1. The quantitative estimate of drug-likeness (QED) is 0.263. The number of aliphatic hydroxyl groups excluding tert-OH is 1. The third kappa shape index (κ3) is 4.34. The molecule has 1 amide bonds. The molecule has 1 saturated heterocycles. The molecular formula is C28H24F3NO4. The Morgan fingerprint density at radius 1 is 0.944 bits per heavy atom. The predicted molar refractivity (Wildman–Crippen MR) is 130 cm³/mol. The van der Waals surface area contributed by atoms with E-state index >= 15 is 0 Å². The maximum absolute atomic E-state index is 13.3. The maximum atomic E-state index is 13.3. The van der Waals surface area contributed by atoms with Gasteiger partial charge in [0.2, 0.25) is 0 Å². The number of nitrogens with zero attached hydrogens (tertiary/aromatic N) is 1. The number of amides is 1. The lowest BCUT2D eigenvalue weighted by Gasteiger charge is -2.26. The van der Waals surface area contributed by atoms with Crippen LogP contribution in [-0.4, -0.2) is 23.9 Å². The van der Waals surface area contributed by atoms with Gasteiger partial charge in [0.25, 0.3) is 11.7 Å². The summed E-state index contributed by atoms with van der Waals surface area (Å²) in [6, 6.07) is 13.5. The SMILES string of the molecule is COc1c(C)cc(C)cc1/C(O)=C1\C(=O)C(=O)N(c2ccc(C(F)(F)F)cc2)C1c1cccc(C)c1. The van der Waals surface area contributed by atoms with Crippen LogP contribution in [0.5, 0.6) is 5.75 Å². The van der Waals surface area contributed by atoms with E-state index in [-0.39, 0.29) is 16.8 Å². The first-order valence-electron chi connectivity index (χ1n) is 11.1. The Morgan fingerprint density at radius 2 is 1.61 bits per heavy atom. The number of ether oxygens (including phenoxy) is 1. The summed E-state index contributed by atoms with van der Waals surface area (Å²) < 4.78 is 44.9. The second kappa shape index (κ2) is 9.18. The Hall–Kier alpha value is -4.07. The van der Waals surface area contributed by atoms with Gasteiger partial charge in [0.05, 0.1) is 29.9 Å². The highest BCUT2D eigenvalue weighted by atomic mass is 19.4. The monoisotopic (exact) mass is 495 g/mol. The highest BCUT2D eigenvalue weighted by Gasteiger charge is 2.47. The van der Waals surface area contributed by atoms with Crippen molar-refractivity contribution in [2.24, 2.45) is 0 Å². The van der Waals surface area contributed by atoms with Gasteiger partial charge in [-0.05, 0) is 67.8 Å².